The fourth-order valence-electron chi connectivity index (χ4n) is 2.42. The summed E-state index contributed by atoms with van der Waals surface area (Å²) in [5.41, 5.74) is 4.28. The minimum absolute atomic E-state index is 0.0203. The molecule has 3 N–H and O–H groups in total. The lowest BCUT2D eigenvalue weighted by molar-refractivity contribution is -0.137. The van der Waals surface area contributed by atoms with Crippen molar-refractivity contribution >= 4 is 11.8 Å². The second-order valence-corrected chi connectivity index (χ2v) is 5.53. The van der Waals surface area contributed by atoms with Gasteiger partial charge in [-0.3, -0.25) is 9.59 Å². The number of halogens is 3. The van der Waals surface area contributed by atoms with Crippen molar-refractivity contribution < 1.29 is 27.5 Å². The van der Waals surface area contributed by atoms with Crippen LogP contribution < -0.4 is 15.8 Å². The number of benzene rings is 2. The van der Waals surface area contributed by atoms with Crippen molar-refractivity contribution in [2.75, 3.05) is 7.11 Å². The molecule has 0 saturated carbocycles. The third-order valence-electron chi connectivity index (χ3n) is 3.70. The van der Waals surface area contributed by atoms with Crippen molar-refractivity contribution in [1.29, 1.82) is 0 Å². The molecule has 2 amide bonds. The Hall–Kier alpha value is -3.03. The highest BCUT2D eigenvalue weighted by Gasteiger charge is 2.35. The monoisotopic (exact) mass is 366 g/mol. The molecule has 0 aliphatic rings. The molecule has 0 saturated heterocycles. The standard InChI is InChI=1S/C18H17F3N2O3/c1-26-12-6-4-5-11(9-12)10-15(16(22)24)23-17(25)13-7-2-3-8-14(13)18(19,20)21/h2-9,15H,10H2,1H3,(H2,22,24)(H,23,25)/t15-/m1/s1. The van der Waals surface area contributed by atoms with Crippen LogP contribution in [0.2, 0.25) is 0 Å². The van der Waals surface area contributed by atoms with Crippen LogP contribution in [0.5, 0.6) is 5.75 Å². The number of nitrogens with two attached hydrogens (primary N) is 1. The summed E-state index contributed by atoms with van der Waals surface area (Å²) in [5, 5.41) is 2.28. The van der Waals surface area contributed by atoms with Crippen molar-refractivity contribution in [2.45, 2.75) is 18.6 Å². The van der Waals surface area contributed by atoms with E-state index in [9.17, 15) is 22.8 Å². The minimum atomic E-state index is -4.69. The predicted molar refractivity (Wildman–Crippen MR) is 88.6 cm³/mol. The fourth-order valence-corrected chi connectivity index (χ4v) is 2.42. The summed E-state index contributed by atoms with van der Waals surface area (Å²) in [4.78, 5) is 24.0. The van der Waals surface area contributed by atoms with Crippen LogP contribution in [0.15, 0.2) is 48.5 Å². The van der Waals surface area contributed by atoms with E-state index in [0.29, 0.717) is 11.3 Å². The topological polar surface area (TPSA) is 81.4 Å². The van der Waals surface area contributed by atoms with E-state index in [-0.39, 0.29) is 6.42 Å². The van der Waals surface area contributed by atoms with Crippen LogP contribution in [0.3, 0.4) is 0 Å². The van der Waals surface area contributed by atoms with Crippen LogP contribution in [0.4, 0.5) is 13.2 Å². The molecule has 0 aliphatic carbocycles. The van der Waals surface area contributed by atoms with E-state index in [4.69, 9.17) is 10.5 Å². The summed E-state index contributed by atoms with van der Waals surface area (Å²) in [6.07, 6.45) is -4.67. The van der Waals surface area contributed by atoms with Crippen LogP contribution in [-0.4, -0.2) is 25.0 Å². The number of rotatable bonds is 6. The first-order chi connectivity index (χ1) is 12.2. The maximum Gasteiger partial charge on any atom is 0.417 e. The molecule has 138 valence electrons. The van der Waals surface area contributed by atoms with E-state index < -0.39 is 35.2 Å². The Bertz CT molecular complexity index is 806. The van der Waals surface area contributed by atoms with Gasteiger partial charge in [0.25, 0.3) is 5.91 Å². The smallest absolute Gasteiger partial charge is 0.417 e. The van der Waals surface area contributed by atoms with Gasteiger partial charge < -0.3 is 15.8 Å². The molecule has 0 heterocycles. The number of hydrogen-bond acceptors (Lipinski definition) is 3. The Kier molecular flexibility index (Phi) is 5.86. The van der Waals surface area contributed by atoms with Crippen LogP contribution in [-0.2, 0) is 17.4 Å². The first kappa shape index (κ1) is 19.3. The van der Waals surface area contributed by atoms with E-state index in [1.165, 1.54) is 19.2 Å². The van der Waals surface area contributed by atoms with Gasteiger partial charge >= 0.3 is 6.18 Å². The fraction of sp³-hybridized carbons (Fsp3) is 0.222. The number of hydrogen-bond donors (Lipinski definition) is 2. The number of alkyl halides is 3. The van der Waals surface area contributed by atoms with Gasteiger partial charge in [0.2, 0.25) is 5.91 Å². The molecule has 2 aromatic carbocycles. The van der Waals surface area contributed by atoms with E-state index in [1.807, 2.05) is 0 Å². The Morgan fingerprint density at radius 1 is 1.15 bits per heavy atom. The summed E-state index contributed by atoms with van der Waals surface area (Å²) in [7, 11) is 1.47. The van der Waals surface area contributed by atoms with Crippen molar-refractivity contribution in [3.8, 4) is 5.75 Å². The van der Waals surface area contributed by atoms with Crippen LogP contribution in [0.25, 0.3) is 0 Å². The lowest BCUT2D eigenvalue weighted by Crippen LogP contribution is -2.46. The van der Waals surface area contributed by atoms with Crippen LogP contribution in [0.1, 0.15) is 21.5 Å². The van der Waals surface area contributed by atoms with Gasteiger partial charge in [-0.05, 0) is 29.8 Å². The molecule has 1 atom stereocenters. The van der Waals surface area contributed by atoms with Crippen molar-refractivity contribution in [3.63, 3.8) is 0 Å². The average Bonchev–Trinajstić information content (AvgIpc) is 2.60. The molecule has 2 rings (SSSR count). The second-order valence-electron chi connectivity index (χ2n) is 5.53. The lowest BCUT2D eigenvalue weighted by atomic mass is 10.0. The Balaban J connectivity index is 2.23. The summed E-state index contributed by atoms with van der Waals surface area (Å²) in [5.74, 6) is -1.34. The number of nitrogens with one attached hydrogen (secondary N) is 1. The Morgan fingerprint density at radius 2 is 1.85 bits per heavy atom. The van der Waals surface area contributed by atoms with Gasteiger partial charge in [0, 0.05) is 6.42 Å². The number of carbonyl (C=O) groups is 2. The molecular formula is C18H17F3N2O3. The van der Waals surface area contributed by atoms with Crippen molar-refractivity contribution in [3.05, 3.63) is 65.2 Å². The number of methoxy groups -OCH3 is 1. The third kappa shape index (κ3) is 4.75. The summed E-state index contributed by atoms with van der Waals surface area (Å²) < 4.78 is 44.2. The van der Waals surface area contributed by atoms with Crippen molar-refractivity contribution in [2.24, 2.45) is 5.73 Å². The normalized spacial score (nSPS) is 12.3. The zero-order valence-corrected chi connectivity index (χ0v) is 13.8. The molecule has 0 aliphatic heterocycles. The molecule has 0 aromatic heterocycles. The number of amides is 2. The van der Waals surface area contributed by atoms with Gasteiger partial charge in [0.05, 0.1) is 18.2 Å². The SMILES string of the molecule is COc1cccc(C[C@@H](NC(=O)c2ccccc2C(F)(F)F)C(N)=O)c1. The van der Waals surface area contributed by atoms with Gasteiger partial charge in [0.15, 0.2) is 0 Å². The maximum atomic E-state index is 13.0. The number of primary amides is 1. The average molecular weight is 366 g/mol. The van der Waals surface area contributed by atoms with Gasteiger partial charge in [0.1, 0.15) is 11.8 Å². The molecule has 0 radical (unpaired) electrons. The van der Waals surface area contributed by atoms with Gasteiger partial charge in [-0.25, -0.2) is 0 Å². The van der Waals surface area contributed by atoms with E-state index in [2.05, 4.69) is 5.32 Å². The van der Waals surface area contributed by atoms with Crippen LogP contribution >= 0.6 is 0 Å². The van der Waals surface area contributed by atoms with Crippen LogP contribution in [0, 0.1) is 0 Å². The molecule has 0 fully saturated rings. The Labute approximate surface area is 148 Å². The molecule has 0 spiro atoms. The van der Waals surface area contributed by atoms with Gasteiger partial charge in [-0.2, -0.15) is 13.2 Å². The molecule has 2 aromatic rings. The van der Waals surface area contributed by atoms with Gasteiger partial charge in [-0.15, -0.1) is 0 Å². The first-order valence-electron chi connectivity index (χ1n) is 7.61. The maximum absolute atomic E-state index is 13.0. The quantitative estimate of drug-likeness (QED) is 0.824. The second kappa shape index (κ2) is 7.90. The zero-order valence-electron chi connectivity index (χ0n) is 13.8. The zero-order chi connectivity index (χ0) is 19.3. The number of ether oxygens (including phenoxy) is 1. The molecule has 0 unspecified atom stereocenters. The molecule has 8 heteroatoms. The van der Waals surface area contributed by atoms with E-state index in [1.54, 1.807) is 24.3 Å². The summed E-state index contributed by atoms with van der Waals surface area (Å²) >= 11 is 0. The van der Waals surface area contributed by atoms with Gasteiger partial charge in [-0.1, -0.05) is 24.3 Å². The lowest BCUT2D eigenvalue weighted by Gasteiger charge is -2.18. The highest BCUT2D eigenvalue weighted by Crippen LogP contribution is 2.31. The molecule has 5 nitrogen and oxygen atoms in total. The minimum Gasteiger partial charge on any atom is -0.497 e. The first-order valence-corrected chi connectivity index (χ1v) is 7.61. The third-order valence-corrected chi connectivity index (χ3v) is 3.70. The van der Waals surface area contributed by atoms with Crippen molar-refractivity contribution in [1.82, 2.24) is 5.32 Å². The van der Waals surface area contributed by atoms with E-state index >= 15 is 0 Å². The number of carbonyl (C=O) groups excluding carboxylic acids is 2. The highest BCUT2D eigenvalue weighted by molar-refractivity contribution is 5.98. The molecule has 26 heavy (non-hydrogen) atoms. The molecular weight excluding hydrogens is 349 g/mol. The summed E-state index contributed by atoms with van der Waals surface area (Å²) in [6.45, 7) is 0. The van der Waals surface area contributed by atoms with E-state index in [0.717, 1.165) is 12.1 Å². The Morgan fingerprint density at radius 3 is 2.46 bits per heavy atom. The molecule has 0 bridgehead atoms. The largest absolute Gasteiger partial charge is 0.497 e. The summed E-state index contributed by atoms with van der Waals surface area (Å²) in [6, 6.07) is 9.88. The highest BCUT2D eigenvalue weighted by atomic mass is 19.4. The predicted octanol–water partition coefficient (Wildman–Crippen LogP) is 2.54.